The molecule has 1 aliphatic carbocycles. The van der Waals surface area contributed by atoms with Crippen LogP contribution in [0.4, 0.5) is 0 Å². The van der Waals surface area contributed by atoms with E-state index >= 15 is 0 Å². The maximum Gasteiger partial charge on any atom is 0.306 e. The third-order valence-electron chi connectivity index (χ3n) is 3.89. The first-order valence-electron chi connectivity index (χ1n) is 6.92. The number of carbonyl (C=O) groups is 1. The maximum absolute atomic E-state index is 11.0. The van der Waals surface area contributed by atoms with Gasteiger partial charge in [0.15, 0.2) is 0 Å². The third kappa shape index (κ3) is 2.57. The highest BCUT2D eigenvalue weighted by molar-refractivity contribution is 5.70. The molecule has 1 N–H and O–H groups in total. The van der Waals surface area contributed by atoms with E-state index in [1.54, 1.807) is 0 Å². The minimum absolute atomic E-state index is 0.304. The summed E-state index contributed by atoms with van der Waals surface area (Å²) in [5, 5.41) is 17.4. The van der Waals surface area contributed by atoms with E-state index in [4.69, 9.17) is 5.11 Å². The topological polar surface area (TPSA) is 68.0 Å². The summed E-state index contributed by atoms with van der Waals surface area (Å²) in [7, 11) is 0. The molecule has 0 saturated carbocycles. The number of nitrogens with zero attached hydrogens (tertiary/aromatic N) is 3. The minimum atomic E-state index is -0.727. The minimum Gasteiger partial charge on any atom is -0.481 e. The first-order chi connectivity index (χ1) is 9.74. The van der Waals surface area contributed by atoms with Crippen molar-refractivity contribution >= 4 is 5.97 Å². The lowest BCUT2D eigenvalue weighted by molar-refractivity contribution is -0.142. The number of aryl methyl sites for hydroxylation is 2. The molecule has 0 radical (unpaired) electrons. The van der Waals surface area contributed by atoms with Gasteiger partial charge in [-0.25, -0.2) is 4.68 Å². The molecule has 2 aromatic rings. The van der Waals surface area contributed by atoms with Crippen molar-refractivity contribution in [1.82, 2.24) is 15.0 Å². The zero-order valence-corrected chi connectivity index (χ0v) is 11.2. The maximum atomic E-state index is 11.0. The summed E-state index contributed by atoms with van der Waals surface area (Å²) in [5.74, 6) is -1.03. The number of rotatable bonds is 4. The molecule has 1 aliphatic rings. The summed E-state index contributed by atoms with van der Waals surface area (Å²) in [6.45, 7) is 0.796. The molecule has 5 nitrogen and oxygen atoms in total. The smallest absolute Gasteiger partial charge is 0.306 e. The highest BCUT2D eigenvalue weighted by Crippen LogP contribution is 2.24. The monoisotopic (exact) mass is 271 g/mol. The van der Waals surface area contributed by atoms with Crippen LogP contribution in [0.2, 0.25) is 0 Å². The molecule has 5 heteroatoms. The number of benzene rings is 1. The van der Waals surface area contributed by atoms with Gasteiger partial charge < -0.3 is 5.11 Å². The zero-order chi connectivity index (χ0) is 13.9. The normalized spacial score (nSPS) is 17.7. The summed E-state index contributed by atoms with van der Waals surface area (Å²) in [5.41, 5.74) is 3.24. The summed E-state index contributed by atoms with van der Waals surface area (Å²) in [4.78, 5) is 11.0. The quantitative estimate of drug-likeness (QED) is 0.919. The number of hydrogen-bond donors (Lipinski definition) is 1. The van der Waals surface area contributed by atoms with Gasteiger partial charge in [-0.1, -0.05) is 35.5 Å². The fourth-order valence-corrected chi connectivity index (χ4v) is 2.72. The SMILES string of the molecule is O=C(O)C1CCc2c(nnn2CCc2ccccc2)C1. The Labute approximate surface area is 117 Å². The molecule has 1 heterocycles. The van der Waals surface area contributed by atoms with E-state index in [-0.39, 0.29) is 5.92 Å². The van der Waals surface area contributed by atoms with Crippen molar-refractivity contribution in [1.29, 1.82) is 0 Å². The van der Waals surface area contributed by atoms with E-state index in [1.807, 2.05) is 22.9 Å². The second-order valence-corrected chi connectivity index (χ2v) is 5.22. The van der Waals surface area contributed by atoms with Gasteiger partial charge in [-0.2, -0.15) is 0 Å². The summed E-state index contributed by atoms with van der Waals surface area (Å²) < 4.78 is 1.93. The fourth-order valence-electron chi connectivity index (χ4n) is 2.72. The van der Waals surface area contributed by atoms with Crippen molar-refractivity contribution in [3.63, 3.8) is 0 Å². The van der Waals surface area contributed by atoms with E-state index in [2.05, 4.69) is 22.4 Å². The van der Waals surface area contributed by atoms with Crippen LogP contribution in [0, 0.1) is 5.92 Å². The van der Waals surface area contributed by atoms with E-state index in [0.29, 0.717) is 12.8 Å². The van der Waals surface area contributed by atoms with E-state index in [9.17, 15) is 4.79 Å². The van der Waals surface area contributed by atoms with Crippen molar-refractivity contribution in [3.05, 3.63) is 47.3 Å². The summed E-state index contributed by atoms with van der Waals surface area (Å²) in [6, 6.07) is 10.3. The average Bonchev–Trinajstić information content (AvgIpc) is 2.88. The van der Waals surface area contributed by atoms with E-state index < -0.39 is 5.97 Å². The van der Waals surface area contributed by atoms with Crippen LogP contribution >= 0.6 is 0 Å². The van der Waals surface area contributed by atoms with Crippen LogP contribution in [-0.2, 0) is 30.6 Å². The summed E-state index contributed by atoms with van der Waals surface area (Å²) in [6.07, 6.45) is 2.87. The Balaban J connectivity index is 1.69. The van der Waals surface area contributed by atoms with E-state index in [1.165, 1.54) is 5.56 Å². The molecule has 0 amide bonds. The molecule has 0 bridgehead atoms. The Bertz CT molecular complexity index is 607. The largest absolute Gasteiger partial charge is 0.481 e. The van der Waals surface area contributed by atoms with Crippen LogP contribution in [0.5, 0.6) is 0 Å². The van der Waals surface area contributed by atoms with Gasteiger partial charge in [0.25, 0.3) is 0 Å². The lowest BCUT2D eigenvalue weighted by Crippen LogP contribution is -2.23. The first kappa shape index (κ1) is 12.8. The number of hydrogen-bond acceptors (Lipinski definition) is 3. The van der Waals surface area contributed by atoms with Crippen LogP contribution in [-0.4, -0.2) is 26.1 Å². The molecule has 1 aromatic heterocycles. The van der Waals surface area contributed by atoms with E-state index in [0.717, 1.165) is 30.8 Å². The predicted octanol–water partition coefficient (Wildman–Crippen LogP) is 1.71. The van der Waals surface area contributed by atoms with Crippen molar-refractivity contribution < 1.29 is 9.90 Å². The van der Waals surface area contributed by atoms with Crippen LogP contribution in [0.15, 0.2) is 30.3 Å². The molecule has 0 aliphatic heterocycles. The second-order valence-electron chi connectivity index (χ2n) is 5.22. The molecule has 0 fully saturated rings. The summed E-state index contributed by atoms with van der Waals surface area (Å²) >= 11 is 0. The zero-order valence-electron chi connectivity index (χ0n) is 11.2. The highest BCUT2D eigenvalue weighted by atomic mass is 16.4. The van der Waals surface area contributed by atoms with Crippen LogP contribution in [0.3, 0.4) is 0 Å². The van der Waals surface area contributed by atoms with Crippen LogP contribution < -0.4 is 0 Å². The molecular weight excluding hydrogens is 254 g/mol. The van der Waals surface area contributed by atoms with Gasteiger partial charge in [-0.05, 0) is 24.8 Å². The Morgan fingerprint density at radius 1 is 1.35 bits per heavy atom. The standard InChI is InChI=1S/C15H17N3O2/c19-15(20)12-6-7-14-13(10-12)16-17-18(14)9-8-11-4-2-1-3-5-11/h1-5,12H,6-10H2,(H,19,20). The second kappa shape index (κ2) is 5.45. The van der Waals surface area contributed by atoms with Crippen molar-refractivity contribution in [2.75, 3.05) is 0 Å². The molecule has 1 unspecified atom stereocenters. The molecule has 104 valence electrons. The molecule has 1 atom stereocenters. The van der Waals surface area contributed by atoms with Crippen molar-refractivity contribution in [3.8, 4) is 0 Å². The Hall–Kier alpha value is -2.17. The number of aliphatic carboxylic acids is 1. The van der Waals surface area contributed by atoms with Gasteiger partial charge in [0.05, 0.1) is 17.3 Å². The van der Waals surface area contributed by atoms with Gasteiger partial charge in [-0.3, -0.25) is 4.79 Å². The number of aromatic nitrogens is 3. The molecule has 1 aromatic carbocycles. The van der Waals surface area contributed by atoms with Crippen LogP contribution in [0.25, 0.3) is 0 Å². The fraction of sp³-hybridized carbons (Fsp3) is 0.400. The third-order valence-corrected chi connectivity index (χ3v) is 3.89. The van der Waals surface area contributed by atoms with Crippen LogP contribution in [0.1, 0.15) is 23.4 Å². The molecule has 20 heavy (non-hydrogen) atoms. The molecule has 0 spiro atoms. The van der Waals surface area contributed by atoms with Gasteiger partial charge in [-0.15, -0.1) is 5.10 Å². The lowest BCUT2D eigenvalue weighted by atomic mass is 9.90. The number of fused-ring (bicyclic) bond motifs is 1. The molecule has 3 rings (SSSR count). The van der Waals surface area contributed by atoms with Gasteiger partial charge in [0.2, 0.25) is 0 Å². The average molecular weight is 271 g/mol. The Morgan fingerprint density at radius 2 is 2.15 bits per heavy atom. The van der Waals surface area contributed by atoms with Crippen molar-refractivity contribution in [2.24, 2.45) is 5.92 Å². The lowest BCUT2D eigenvalue weighted by Gasteiger charge is -2.18. The van der Waals surface area contributed by atoms with Gasteiger partial charge in [0.1, 0.15) is 0 Å². The highest BCUT2D eigenvalue weighted by Gasteiger charge is 2.28. The Morgan fingerprint density at radius 3 is 2.90 bits per heavy atom. The first-order valence-corrected chi connectivity index (χ1v) is 6.92. The number of carboxylic acids is 1. The number of carboxylic acid groups (broad SMARTS) is 1. The van der Waals surface area contributed by atoms with Crippen molar-refractivity contribution in [2.45, 2.75) is 32.2 Å². The molecular formula is C15H17N3O2. The van der Waals surface area contributed by atoms with Gasteiger partial charge in [0, 0.05) is 13.0 Å². The Kier molecular flexibility index (Phi) is 3.50. The predicted molar refractivity (Wildman–Crippen MR) is 73.3 cm³/mol. The molecule has 0 saturated heterocycles. The van der Waals surface area contributed by atoms with Gasteiger partial charge >= 0.3 is 5.97 Å².